The predicted octanol–water partition coefficient (Wildman–Crippen LogP) is 1.27. The van der Waals surface area contributed by atoms with Gasteiger partial charge in [0, 0.05) is 32.2 Å². The molecule has 1 fully saturated rings. The number of nitrogens with zero attached hydrogens (tertiary/aromatic N) is 1. The molecule has 0 bridgehead atoms. The lowest BCUT2D eigenvalue weighted by molar-refractivity contribution is 0.350. The summed E-state index contributed by atoms with van der Waals surface area (Å²) in [6.07, 6.45) is 1.74. The lowest BCUT2D eigenvalue weighted by Crippen LogP contribution is -2.51. The number of rotatable bonds is 6. The normalized spacial score (nSPS) is 18.9. The Labute approximate surface area is 121 Å². The lowest BCUT2D eigenvalue weighted by atomic mass is 10.0. The Morgan fingerprint density at radius 3 is 2.50 bits per heavy atom. The van der Waals surface area contributed by atoms with Crippen molar-refractivity contribution in [3.63, 3.8) is 0 Å². The number of hydrogen-bond donors (Lipinski definition) is 2. The standard InChI is InChI=1S/C14H23N3O2S/c1-2-6-14(13-7-4-3-5-8-13)16-20(18,19)17-11-9-15-10-12-17/h3-5,7-8,14-16H,2,6,9-12H2,1H3. The Bertz CT molecular complexity index is 498. The molecule has 2 N–H and O–H groups in total. The molecule has 5 nitrogen and oxygen atoms in total. The van der Waals surface area contributed by atoms with Crippen LogP contribution in [-0.4, -0.2) is 38.9 Å². The second-order valence-electron chi connectivity index (χ2n) is 5.02. The maximum atomic E-state index is 12.4. The van der Waals surface area contributed by atoms with Gasteiger partial charge in [-0.1, -0.05) is 43.7 Å². The molecule has 1 aliphatic heterocycles. The summed E-state index contributed by atoms with van der Waals surface area (Å²) in [6.45, 7) is 4.55. The van der Waals surface area contributed by atoms with Gasteiger partial charge in [-0.15, -0.1) is 0 Å². The van der Waals surface area contributed by atoms with Gasteiger partial charge < -0.3 is 5.32 Å². The molecule has 0 saturated carbocycles. The van der Waals surface area contributed by atoms with Crippen LogP contribution in [0.2, 0.25) is 0 Å². The van der Waals surface area contributed by atoms with Gasteiger partial charge in [0.1, 0.15) is 0 Å². The molecule has 1 unspecified atom stereocenters. The molecule has 1 aromatic carbocycles. The van der Waals surface area contributed by atoms with Crippen molar-refractivity contribution in [3.8, 4) is 0 Å². The summed E-state index contributed by atoms with van der Waals surface area (Å²) in [7, 11) is -3.41. The van der Waals surface area contributed by atoms with Crippen molar-refractivity contribution in [2.24, 2.45) is 0 Å². The Morgan fingerprint density at radius 1 is 1.25 bits per heavy atom. The van der Waals surface area contributed by atoms with E-state index < -0.39 is 10.2 Å². The third kappa shape index (κ3) is 4.02. The molecule has 0 aromatic heterocycles. The van der Waals surface area contributed by atoms with Crippen LogP contribution in [0, 0.1) is 0 Å². The molecular weight excluding hydrogens is 274 g/mol. The van der Waals surface area contributed by atoms with Crippen LogP contribution in [0.3, 0.4) is 0 Å². The van der Waals surface area contributed by atoms with E-state index in [1.807, 2.05) is 30.3 Å². The highest BCUT2D eigenvalue weighted by Crippen LogP contribution is 2.20. The highest BCUT2D eigenvalue weighted by molar-refractivity contribution is 7.87. The van der Waals surface area contributed by atoms with Gasteiger partial charge >= 0.3 is 0 Å². The summed E-state index contributed by atoms with van der Waals surface area (Å²) < 4.78 is 29.2. The van der Waals surface area contributed by atoms with Gasteiger partial charge in [0.05, 0.1) is 0 Å². The average Bonchev–Trinajstić information content (AvgIpc) is 2.48. The van der Waals surface area contributed by atoms with E-state index in [9.17, 15) is 8.42 Å². The van der Waals surface area contributed by atoms with Crippen molar-refractivity contribution in [1.82, 2.24) is 14.3 Å². The molecule has 2 rings (SSSR count). The maximum Gasteiger partial charge on any atom is 0.280 e. The monoisotopic (exact) mass is 297 g/mol. The third-order valence-corrected chi connectivity index (χ3v) is 5.11. The van der Waals surface area contributed by atoms with E-state index in [0.717, 1.165) is 18.4 Å². The highest BCUT2D eigenvalue weighted by atomic mass is 32.2. The molecule has 0 aliphatic carbocycles. The van der Waals surface area contributed by atoms with Gasteiger partial charge in [-0.05, 0) is 12.0 Å². The Kier molecular flexibility index (Phi) is 5.54. The van der Waals surface area contributed by atoms with Crippen LogP contribution in [-0.2, 0) is 10.2 Å². The fourth-order valence-corrected chi connectivity index (χ4v) is 3.83. The fourth-order valence-electron chi connectivity index (χ4n) is 2.41. The first kappa shape index (κ1) is 15.4. The molecule has 0 amide bonds. The number of nitrogens with one attached hydrogen (secondary N) is 2. The molecule has 1 heterocycles. The Morgan fingerprint density at radius 2 is 1.90 bits per heavy atom. The number of piperazine rings is 1. The molecule has 0 radical (unpaired) electrons. The van der Waals surface area contributed by atoms with Crippen LogP contribution in [0.15, 0.2) is 30.3 Å². The molecular formula is C14H23N3O2S. The van der Waals surface area contributed by atoms with Crippen molar-refractivity contribution >= 4 is 10.2 Å². The SMILES string of the molecule is CCCC(NS(=O)(=O)N1CCNCC1)c1ccccc1. The minimum atomic E-state index is -3.41. The second kappa shape index (κ2) is 7.17. The van der Waals surface area contributed by atoms with Gasteiger partial charge in [-0.25, -0.2) is 0 Å². The second-order valence-corrected chi connectivity index (χ2v) is 6.73. The molecule has 1 aromatic rings. The fraction of sp³-hybridized carbons (Fsp3) is 0.571. The average molecular weight is 297 g/mol. The molecule has 1 aliphatic rings. The van der Waals surface area contributed by atoms with Gasteiger partial charge in [-0.3, -0.25) is 0 Å². The van der Waals surface area contributed by atoms with E-state index >= 15 is 0 Å². The molecule has 112 valence electrons. The summed E-state index contributed by atoms with van der Waals surface area (Å²) in [5.41, 5.74) is 1.02. The Balaban J connectivity index is 2.11. The number of hydrogen-bond acceptors (Lipinski definition) is 3. The molecule has 6 heteroatoms. The summed E-state index contributed by atoms with van der Waals surface area (Å²) in [4.78, 5) is 0. The van der Waals surface area contributed by atoms with Crippen LogP contribution >= 0.6 is 0 Å². The predicted molar refractivity (Wildman–Crippen MR) is 80.6 cm³/mol. The van der Waals surface area contributed by atoms with Crippen LogP contribution in [0.1, 0.15) is 31.4 Å². The van der Waals surface area contributed by atoms with Crippen LogP contribution in [0.5, 0.6) is 0 Å². The molecule has 1 atom stereocenters. The lowest BCUT2D eigenvalue weighted by Gasteiger charge is -2.29. The van der Waals surface area contributed by atoms with E-state index in [0.29, 0.717) is 26.2 Å². The van der Waals surface area contributed by atoms with Gasteiger partial charge in [-0.2, -0.15) is 17.4 Å². The zero-order valence-corrected chi connectivity index (χ0v) is 12.7. The zero-order valence-electron chi connectivity index (χ0n) is 11.9. The largest absolute Gasteiger partial charge is 0.314 e. The zero-order chi connectivity index (χ0) is 14.4. The maximum absolute atomic E-state index is 12.4. The third-order valence-electron chi connectivity index (χ3n) is 3.49. The topological polar surface area (TPSA) is 61.4 Å². The quantitative estimate of drug-likeness (QED) is 0.831. The van der Waals surface area contributed by atoms with Crippen molar-refractivity contribution in [3.05, 3.63) is 35.9 Å². The smallest absolute Gasteiger partial charge is 0.280 e. The van der Waals surface area contributed by atoms with Gasteiger partial charge in [0.15, 0.2) is 0 Å². The first-order valence-electron chi connectivity index (χ1n) is 7.16. The van der Waals surface area contributed by atoms with Crippen molar-refractivity contribution in [1.29, 1.82) is 0 Å². The first-order valence-corrected chi connectivity index (χ1v) is 8.60. The van der Waals surface area contributed by atoms with Crippen molar-refractivity contribution < 1.29 is 8.42 Å². The van der Waals surface area contributed by atoms with Gasteiger partial charge in [0.2, 0.25) is 0 Å². The molecule has 20 heavy (non-hydrogen) atoms. The van der Waals surface area contributed by atoms with Crippen molar-refractivity contribution in [2.75, 3.05) is 26.2 Å². The van der Waals surface area contributed by atoms with E-state index in [4.69, 9.17) is 0 Å². The van der Waals surface area contributed by atoms with E-state index in [1.54, 1.807) is 0 Å². The summed E-state index contributed by atoms with van der Waals surface area (Å²) >= 11 is 0. The van der Waals surface area contributed by atoms with Crippen LogP contribution < -0.4 is 10.0 Å². The summed E-state index contributed by atoms with van der Waals surface area (Å²) in [6, 6.07) is 9.62. The minimum absolute atomic E-state index is 0.152. The minimum Gasteiger partial charge on any atom is -0.314 e. The molecule has 0 spiro atoms. The van der Waals surface area contributed by atoms with E-state index in [1.165, 1.54) is 4.31 Å². The van der Waals surface area contributed by atoms with E-state index in [2.05, 4.69) is 17.0 Å². The van der Waals surface area contributed by atoms with Gasteiger partial charge in [0.25, 0.3) is 10.2 Å². The van der Waals surface area contributed by atoms with E-state index in [-0.39, 0.29) is 6.04 Å². The summed E-state index contributed by atoms with van der Waals surface area (Å²) in [5, 5.41) is 3.16. The highest BCUT2D eigenvalue weighted by Gasteiger charge is 2.26. The number of benzene rings is 1. The van der Waals surface area contributed by atoms with Crippen LogP contribution in [0.25, 0.3) is 0 Å². The Hall–Kier alpha value is -0.950. The first-order chi connectivity index (χ1) is 9.63. The molecule has 1 saturated heterocycles. The van der Waals surface area contributed by atoms with Crippen LogP contribution in [0.4, 0.5) is 0 Å². The van der Waals surface area contributed by atoms with Crippen molar-refractivity contribution in [2.45, 2.75) is 25.8 Å². The summed E-state index contributed by atoms with van der Waals surface area (Å²) in [5.74, 6) is 0.